The van der Waals surface area contributed by atoms with Crippen LogP contribution >= 0.6 is 11.8 Å². The Morgan fingerprint density at radius 2 is 2.54 bits per heavy atom. The first-order chi connectivity index (χ1) is 6.36. The van der Waals surface area contributed by atoms with Gasteiger partial charge in [-0.2, -0.15) is 0 Å². The van der Waals surface area contributed by atoms with Gasteiger partial charge in [0.25, 0.3) is 0 Å². The minimum atomic E-state index is 0.907. The number of amidine groups is 1. The van der Waals surface area contributed by atoms with Crippen LogP contribution in [0.5, 0.6) is 0 Å². The van der Waals surface area contributed by atoms with Gasteiger partial charge >= 0.3 is 0 Å². The molecule has 5 heteroatoms. The van der Waals surface area contributed by atoms with E-state index in [1.165, 1.54) is 5.69 Å². The Bertz CT molecular complexity index is 318. The third kappa shape index (κ3) is 2.03. The van der Waals surface area contributed by atoms with E-state index in [0.29, 0.717) is 0 Å². The summed E-state index contributed by atoms with van der Waals surface area (Å²) in [5, 5.41) is 4.27. The van der Waals surface area contributed by atoms with E-state index in [-0.39, 0.29) is 0 Å². The Morgan fingerprint density at radius 3 is 3.15 bits per heavy atom. The van der Waals surface area contributed by atoms with Crippen LogP contribution in [0.25, 0.3) is 0 Å². The highest BCUT2D eigenvalue weighted by atomic mass is 32.2. The zero-order valence-electron chi connectivity index (χ0n) is 7.50. The second kappa shape index (κ2) is 3.83. The van der Waals surface area contributed by atoms with Gasteiger partial charge in [-0.25, -0.2) is 4.98 Å². The topological polar surface area (TPSA) is 53.1 Å². The van der Waals surface area contributed by atoms with E-state index >= 15 is 0 Å². The molecule has 0 saturated carbocycles. The molecule has 1 aliphatic rings. The summed E-state index contributed by atoms with van der Waals surface area (Å²) in [6, 6.07) is 0. The lowest BCUT2D eigenvalue weighted by atomic mass is 10.4. The summed E-state index contributed by atoms with van der Waals surface area (Å²) >= 11 is 1.72. The molecule has 13 heavy (non-hydrogen) atoms. The van der Waals surface area contributed by atoms with E-state index < -0.39 is 0 Å². The van der Waals surface area contributed by atoms with Crippen molar-refractivity contribution in [1.82, 2.24) is 15.3 Å². The van der Waals surface area contributed by atoms with Crippen LogP contribution in [0.1, 0.15) is 11.4 Å². The van der Waals surface area contributed by atoms with E-state index in [9.17, 15) is 0 Å². The zero-order valence-corrected chi connectivity index (χ0v) is 8.32. The van der Waals surface area contributed by atoms with Gasteiger partial charge in [0.15, 0.2) is 5.17 Å². The van der Waals surface area contributed by atoms with Crippen molar-refractivity contribution in [2.45, 2.75) is 12.7 Å². The Morgan fingerprint density at radius 1 is 1.62 bits per heavy atom. The number of rotatable bonds is 2. The van der Waals surface area contributed by atoms with Gasteiger partial charge in [-0.05, 0) is 6.92 Å². The molecule has 0 amide bonds. The number of hydrogen-bond donors (Lipinski definition) is 2. The van der Waals surface area contributed by atoms with Crippen molar-refractivity contribution in [2.24, 2.45) is 4.99 Å². The molecule has 1 aromatic heterocycles. The van der Waals surface area contributed by atoms with Crippen molar-refractivity contribution in [3.05, 3.63) is 17.7 Å². The summed E-state index contributed by atoms with van der Waals surface area (Å²) in [5.41, 5.74) is 2.26. The van der Waals surface area contributed by atoms with E-state index in [1.807, 2.05) is 6.92 Å². The molecule has 1 aliphatic heterocycles. The number of nitrogens with zero attached hydrogens (tertiary/aromatic N) is 2. The first-order valence-electron chi connectivity index (χ1n) is 4.26. The van der Waals surface area contributed by atoms with Crippen LogP contribution in [0.4, 0.5) is 0 Å². The molecule has 2 heterocycles. The quantitative estimate of drug-likeness (QED) is 0.739. The van der Waals surface area contributed by atoms with Crippen molar-refractivity contribution >= 4 is 16.9 Å². The smallest absolute Gasteiger partial charge is 0.157 e. The number of aromatic amines is 1. The fraction of sp³-hybridized carbons (Fsp3) is 0.500. The summed E-state index contributed by atoms with van der Waals surface area (Å²) in [4.78, 5) is 11.5. The molecule has 4 nitrogen and oxygen atoms in total. The molecule has 0 spiro atoms. The van der Waals surface area contributed by atoms with Crippen molar-refractivity contribution in [2.75, 3.05) is 13.1 Å². The summed E-state index contributed by atoms with van der Waals surface area (Å²) in [5.74, 6) is 0.914. The fourth-order valence-electron chi connectivity index (χ4n) is 1.15. The van der Waals surface area contributed by atoms with Crippen LogP contribution in [0.15, 0.2) is 11.3 Å². The Labute approximate surface area is 81.2 Å². The number of H-pyrrole nitrogens is 1. The van der Waals surface area contributed by atoms with Crippen LogP contribution in [0, 0.1) is 6.92 Å². The average molecular weight is 196 g/mol. The maximum atomic E-state index is 4.30. The predicted octanol–water partition coefficient (Wildman–Crippen LogP) is 0.911. The van der Waals surface area contributed by atoms with Gasteiger partial charge < -0.3 is 10.3 Å². The highest BCUT2D eigenvalue weighted by molar-refractivity contribution is 8.13. The zero-order chi connectivity index (χ0) is 9.10. The molecule has 0 aromatic carbocycles. The summed E-state index contributed by atoms with van der Waals surface area (Å²) in [6.45, 7) is 3.89. The Kier molecular flexibility index (Phi) is 2.54. The number of thioether (sulfide) groups is 1. The molecule has 0 fully saturated rings. The number of aryl methyl sites for hydroxylation is 1. The number of imidazole rings is 1. The lowest BCUT2D eigenvalue weighted by Crippen LogP contribution is -2.15. The first kappa shape index (κ1) is 8.62. The molecule has 0 radical (unpaired) electrons. The van der Waals surface area contributed by atoms with Gasteiger partial charge in [-0.1, -0.05) is 11.8 Å². The molecule has 0 saturated heterocycles. The van der Waals surface area contributed by atoms with Crippen molar-refractivity contribution in [3.63, 3.8) is 0 Å². The van der Waals surface area contributed by atoms with Crippen LogP contribution < -0.4 is 5.32 Å². The predicted molar refractivity (Wildman–Crippen MR) is 54.9 cm³/mol. The maximum Gasteiger partial charge on any atom is 0.157 e. The van der Waals surface area contributed by atoms with Gasteiger partial charge in [0.1, 0.15) is 0 Å². The third-order valence-corrected chi connectivity index (χ3v) is 2.91. The fourth-order valence-corrected chi connectivity index (χ4v) is 2.11. The highest BCUT2D eigenvalue weighted by Gasteiger charge is 2.07. The standard InChI is InChI=1S/C8H12N4S/c1-6-7(12-5-11-6)4-13-8-9-2-3-10-8/h5H,2-4H2,1H3,(H,9,10)(H,11,12). The van der Waals surface area contributed by atoms with E-state index in [1.54, 1.807) is 18.1 Å². The number of aromatic nitrogens is 2. The van der Waals surface area contributed by atoms with Crippen LogP contribution in [0.3, 0.4) is 0 Å². The summed E-state index contributed by atoms with van der Waals surface area (Å²) in [6.07, 6.45) is 1.73. The largest absolute Gasteiger partial charge is 0.363 e. The molecule has 2 rings (SSSR count). The normalized spacial score (nSPS) is 15.6. The molecular formula is C8H12N4S. The number of nitrogens with one attached hydrogen (secondary N) is 2. The molecule has 0 atom stereocenters. The van der Waals surface area contributed by atoms with E-state index in [4.69, 9.17) is 0 Å². The molecule has 0 aliphatic carbocycles. The second-order valence-electron chi connectivity index (χ2n) is 2.87. The number of hydrogen-bond acceptors (Lipinski definition) is 4. The molecule has 70 valence electrons. The van der Waals surface area contributed by atoms with Gasteiger partial charge in [-0.3, -0.25) is 4.99 Å². The average Bonchev–Trinajstić information content (AvgIpc) is 2.72. The van der Waals surface area contributed by atoms with Crippen molar-refractivity contribution in [1.29, 1.82) is 0 Å². The minimum absolute atomic E-state index is 0.907. The molecule has 0 unspecified atom stereocenters. The van der Waals surface area contributed by atoms with E-state index in [0.717, 1.165) is 29.7 Å². The van der Waals surface area contributed by atoms with Crippen LogP contribution in [-0.2, 0) is 5.75 Å². The van der Waals surface area contributed by atoms with Gasteiger partial charge in [0.05, 0.1) is 18.6 Å². The van der Waals surface area contributed by atoms with E-state index in [2.05, 4.69) is 20.3 Å². The molecule has 0 bridgehead atoms. The minimum Gasteiger partial charge on any atom is -0.363 e. The summed E-state index contributed by atoms with van der Waals surface area (Å²) < 4.78 is 0. The van der Waals surface area contributed by atoms with Gasteiger partial charge in [0.2, 0.25) is 0 Å². The third-order valence-electron chi connectivity index (χ3n) is 1.93. The van der Waals surface area contributed by atoms with Gasteiger partial charge in [-0.15, -0.1) is 0 Å². The van der Waals surface area contributed by atoms with Gasteiger partial charge in [0, 0.05) is 18.0 Å². The monoisotopic (exact) mass is 196 g/mol. The second-order valence-corrected chi connectivity index (χ2v) is 3.83. The maximum absolute atomic E-state index is 4.30. The molecular weight excluding hydrogens is 184 g/mol. The van der Waals surface area contributed by atoms with Crippen molar-refractivity contribution in [3.8, 4) is 0 Å². The van der Waals surface area contributed by atoms with Crippen molar-refractivity contribution < 1.29 is 0 Å². The summed E-state index contributed by atoms with van der Waals surface area (Å²) in [7, 11) is 0. The SMILES string of the molecule is Cc1nc[nH]c1CSC1=NCCN1. The Hall–Kier alpha value is -0.970. The lowest BCUT2D eigenvalue weighted by Gasteiger charge is -2.00. The van der Waals surface area contributed by atoms with Crippen LogP contribution in [0.2, 0.25) is 0 Å². The Balaban J connectivity index is 1.89. The molecule has 1 aromatic rings. The highest BCUT2D eigenvalue weighted by Crippen LogP contribution is 2.14. The molecule has 2 N–H and O–H groups in total. The first-order valence-corrected chi connectivity index (χ1v) is 5.25. The number of aliphatic imine (C=N–C) groups is 1. The lowest BCUT2D eigenvalue weighted by molar-refractivity contribution is 0.963. The van der Waals surface area contributed by atoms with Crippen LogP contribution in [-0.4, -0.2) is 28.2 Å².